The van der Waals surface area contributed by atoms with Gasteiger partial charge in [-0.15, -0.1) is 0 Å². The van der Waals surface area contributed by atoms with E-state index in [-0.39, 0.29) is 0 Å². The van der Waals surface area contributed by atoms with Gasteiger partial charge in [0.2, 0.25) is 0 Å². The van der Waals surface area contributed by atoms with Gasteiger partial charge in [0, 0.05) is 25.7 Å². The summed E-state index contributed by atoms with van der Waals surface area (Å²) in [6.45, 7) is 7.50. The van der Waals surface area contributed by atoms with Crippen molar-refractivity contribution in [2.45, 2.75) is 32.7 Å². The zero-order chi connectivity index (χ0) is 12.8. The molecule has 0 aromatic carbocycles. The zero-order valence-electron chi connectivity index (χ0n) is 11.2. The molecule has 5 nitrogen and oxygen atoms in total. The SMILES string of the molecule is CC(C)CCCNc1cc(NC2CNC2)ncn1. The molecule has 0 atom stereocenters. The lowest BCUT2D eigenvalue weighted by atomic mass is 10.1. The van der Waals surface area contributed by atoms with Gasteiger partial charge in [-0.3, -0.25) is 0 Å². The third kappa shape index (κ3) is 4.14. The van der Waals surface area contributed by atoms with Crippen LogP contribution >= 0.6 is 0 Å². The first-order valence-corrected chi connectivity index (χ1v) is 6.77. The van der Waals surface area contributed by atoms with Crippen molar-refractivity contribution in [3.8, 4) is 0 Å². The maximum atomic E-state index is 4.23. The van der Waals surface area contributed by atoms with Crippen molar-refractivity contribution >= 4 is 11.6 Å². The molecule has 5 heteroatoms. The quantitative estimate of drug-likeness (QED) is 0.642. The predicted molar refractivity (Wildman–Crippen MR) is 74.9 cm³/mol. The number of nitrogens with one attached hydrogen (secondary N) is 3. The monoisotopic (exact) mass is 249 g/mol. The summed E-state index contributed by atoms with van der Waals surface area (Å²) in [6, 6.07) is 2.49. The highest BCUT2D eigenvalue weighted by molar-refractivity contribution is 5.47. The Bertz CT molecular complexity index is 362. The minimum Gasteiger partial charge on any atom is -0.370 e. The van der Waals surface area contributed by atoms with Gasteiger partial charge in [0.25, 0.3) is 0 Å². The van der Waals surface area contributed by atoms with Gasteiger partial charge in [0.15, 0.2) is 0 Å². The fraction of sp³-hybridized carbons (Fsp3) is 0.692. The average Bonchev–Trinajstić information content (AvgIpc) is 2.30. The lowest BCUT2D eigenvalue weighted by Crippen LogP contribution is -2.51. The van der Waals surface area contributed by atoms with Crippen LogP contribution in [0.25, 0.3) is 0 Å². The molecule has 2 heterocycles. The van der Waals surface area contributed by atoms with Crippen molar-refractivity contribution in [1.82, 2.24) is 15.3 Å². The summed E-state index contributed by atoms with van der Waals surface area (Å²) < 4.78 is 0. The fourth-order valence-corrected chi connectivity index (χ4v) is 1.86. The average molecular weight is 249 g/mol. The maximum Gasteiger partial charge on any atom is 0.131 e. The number of anilines is 2. The first-order chi connectivity index (χ1) is 8.74. The fourth-order valence-electron chi connectivity index (χ4n) is 1.86. The Hall–Kier alpha value is -1.36. The molecule has 0 saturated carbocycles. The van der Waals surface area contributed by atoms with E-state index in [0.717, 1.165) is 37.2 Å². The number of hydrogen-bond donors (Lipinski definition) is 3. The summed E-state index contributed by atoms with van der Waals surface area (Å²) >= 11 is 0. The van der Waals surface area contributed by atoms with Gasteiger partial charge in [0.05, 0.1) is 6.04 Å². The zero-order valence-corrected chi connectivity index (χ0v) is 11.2. The molecule has 3 N–H and O–H groups in total. The van der Waals surface area contributed by atoms with Crippen LogP contribution < -0.4 is 16.0 Å². The summed E-state index contributed by atoms with van der Waals surface area (Å²) in [6.07, 6.45) is 4.03. The Morgan fingerprint density at radius 3 is 2.78 bits per heavy atom. The lowest BCUT2D eigenvalue weighted by molar-refractivity contribution is 0.471. The maximum absolute atomic E-state index is 4.23. The Labute approximate surface area is 109 Å². The number of hydrogen-bond acceptors (Lipinski definition) is 5. The number of nitrogens with zero attached hydrogens (tertiary/aromatic N) is 2. The topological polar surface area (TPSA) is 61.9 Å². The highest BCUT2D eigenvalue weighted by Gasteiger charge is 2.16. The van der Waals surface area contributed by atoms with Crippen LogP contribution in [-0.2, 0) is 0 Å². The van der Waals surface area contributed by atoms with Crippen molar-refractivity contribution in [3.05, 3.63) is 12.4 Å². The van der Waals surface area contributed by atoms with Gasteiger partial charge in [-0.25, -0.2) is 9.97 Å². The molecule has 1 saturated heterocycles. The summed E-state index contributed by atoms with van der Waals surface area (Å²) in [5.74, 6) is 2.58. The third-order valence-corrected chi connectivity index (χ3v) is 3.06. The Balaban J connectivity index is 1.75. The van der Waals surface area contributed by atoms with Crippen LogP contribution in [0.3, 0.4) is 0 Å². The molecule has 0 aliphatic carbocycles. The van der Waals surface area contributed by atoms with E-state index in [2.05, 4.69) is 39.8 Å². The van der Waals surface area contributed by atoms with Crippen molar-refractivity contribution in [2.24, 2.45) is 5.92 Å². The van der Waals surface area contributed by atoms with Crippen LogP contribution in [0.2, 0.25) is 0 Å². The summed E-state index contributed by atoms with van der Waals surface area (Å²) in [4.78, 5) is 8.46. The van der Waals surface area contributed by atoms with Gasteiger partial charge in [-0.05, 0) is 18.8 Å². The van der Waals surface area contributed by atoms with Crippen molar-refractivity contribution < 1.29 is 0 Å². The van der Waals surface area contributed by atoms with Crippen molar-refractivity contribution in [2.75, 3.05) is 30.3 Å². The lowest BCUT2D eigenvalue weighted by Gasteiger charge is -2.28. The van der Waals surface area contributed by atoms with E-state index in [1.54, 1.807) is 6.33 Å². The summed E-state index contributed by atoms with van der Waals surface area (Å²) in [7, 11) is 0. The van der Waals surface area contributed by atoms with E-state index >= 15 is 0 Å². The molecule has 18 heavy (non-hydrogen) atoms. The van der Waals surface area contributed by atoms with E-state index in [1.807, 2.05) is 6.07 Å². The molecule has 100 valence electrons. The predicted octanol–water partition coefficient (Wildman–Crippen LogP) is 1.71. The van der Waals surface area contributed by atoms with E-state index < -0.39 is 0 Å². The molecule has 1 aromatic rings. The van der Waals surface area contributed by atoms with E-state index in [1.165, 1.54) is 12.8 Å². The van der Waals surface area contributed by atoms with E-state index in [0.29, 0.717) is 6.04 Å². The smallest absolute Gasteiger partial charge is 0.131 e. The molecule has 0 spiro atoms. The van der Waals surface area contributed by atoms with Crippen LogP contribution in [0.5, 0.6) is 0 Å². The number of aromatic nitrogens is 2. The van der Waals surface area contributed by atoms with Gasteiger partial charge in [-0.1, -0.05) is 13.8 Å². The molecule has 0 unspecified atom stereocenters. The summed E-state index contributed by atoms with van der Waals surface area (Å²) in [5, 5.41) is 9.94. The Kier molecular flexibility index (Phi) is 4.75. The van der Waals surface area contributed by atoms with Gasteiger partial charge < -0.3 is 16.0 Å². The molecule has 0 bridgehead atoms. The Morgan fingerprint density at radius 1 is 1.33 bits per heavy atom. The standard InChI is InChI=1S/C13H23N5/c1-10(2)4-3-5-15-12-6-13(17-9-16-12)18-11-7-14-8-11/h6,9-11,14H,3-5,7-8H2,1-2H3,(H2,15,16,17,18). The van der Waals surface area contributed by atoms with E-state index in [9.17, 15) is 0 Å². The van der Waals surface area contributed by atoms with E-state index in [4.69, 9.17) is 0 Å². The minimum absolute atomic E-state index is 0.508. The van der Waals surface area contributed by atoms with Crippen LogP contribution in [-0.4, -0.2) is 35.6 Å². The summed E-state index contributed by atoms with van der Waals surface area (Å²) in [5.41, 5.74) is 0. The highest BCUT2D eigenvalue weighted by atomic mass is 15.1. The van der Waals surface area contributed by atoms with Crippen LogP contribution in [0.1, 0.15) is 26.7 Å². The molecule has 0 amide bonds. The van der Waals surface area contributed by atoms with Gasteiger partial charge >= 0.3 is 0 Å². The van der Waals surface area contributed by atoms with Crippen molar-refractivity contribution in [3.63, 3.8) is 0 Å². The second kappa shape index (κ2) is 6.54. The second-order valence-corrected chi connectivity index (χ2v) is 5.25. The van der Waals surface area contributed by atoms with Gasteiger partial charge in [0.1, 0.15) is 18.0 Å². The molecule has 2 rings (SSSR count). The van der Waals surface area contributed by atoms with Gasteiger partial charge in [-0.2, -0.15) is 0 Å². The Morgan fingerprint density at radius 2 is 2.11 bits per heavy atom. The first kappa shape index (κ1) is 13.1. The van der Waals surface area contributed by atoms with Crippen LogP contribution in [0, 0.1) is 5.92 Å². The van der Waals surface area contributed by atoms with Crippen molar-refractivity contribution in [1.29, 1.82) is 0 Å². The second-order valence-electron chi connectivity index (χ2n) is 5.25. The molecule has 0 radical (unpaired) electrons. The van der Waals surface area contributed by atoms with Crippen LogP contribution in [0.15, 0.2) is 12.4 Å². The first-order valence-electron chi connectivity index (χ1n) is 6.77. The molecule has 1 aromatic heterocycles. The third-order valence-electron chi connectivity index (χ3n) is 3.06. The molecule has 1 fully saturated rings. The highest BCUT2D eigenvalue weighted by Crippen LogP contribution is 2.11. The normalized spacial score (nSPS) is 15.5. The largest absolute Gasteiger partial charge is 0.370 e. The minimum atomic E-state index is 0.508. The van der Waals surface area contributed by atoms with Crippen LogP contribution in [0.4, 0.5) is 11.6 Å². The number of rotatable bonds is 7. The molecular formula is C13H23N5. The molecule has 1 aliphatic heterocycles. The molecule has 1 aliphatic rings. The molecular weight excluding hydrogens is 226 g/mol.